The van der Waals surface area contributed by atoms with E-state index in [-0.39, 0.29) is 0 Å². The first kappa shape index (κ1) is 13.2. The standard InChI is InChI=1S/C12H21O2/c1-3-12(2)8-11-14-10-7-5-4-6-9-13/h6,8-9H,3-5,7,10-11H2,1-2H3. The van der Waals surface area contributed by atoms with E-state index < -0.39 is 0 Å². The van der Waals surface area contributed by atoms with Crippen molar-refractivity contribution in [1.29, 1.82) is 0 Å². The summed E-state index contributed by atoms with van der Waals surface area (Å²) in [6.45, 7) is 5.76. The molecule has 0 aromatic rings. The molecular formula is C12H21O2. The Hall–Kier alpha value is -0.760. The summed E-state index contributed by atoms with van der Waals surface area (Å²) in [6, 6.07) is 0. The second-order valence-corrected chi connectivity index (χ2v) is 3.35. The first-order valence-electron chi connectivity index (χ1n) is 5.31. The minimum atomic E-state index is 0.719. The zero-order chi connectivity index (χ0) is 10.6. The molecule has 0 atom stereocenters. The Morgan fingerprint density at radius 1 is 1.36 bits per heavy atom. The van der Waals surface area contributed by atoms with Crippen molar-refractivity contribution in [2.75, 3.05) is 13.2 Å². The molecule has 0 aromatic heterocycles. The third-order valence-electron chi connectivity index (χ3n) is 2.11. The van der Waals surface area contributed by atoms with Crippen LogP contribution >= 0.6 is 0 Å². The molecule has 0 amide bonds. The van der Waals surface area contributed by atoms with Gasteiger partial charge in [-0.25, -0.2) is 0 Å². The molecule has 2 heteroatoms. The van der Waals surface area contributed by atoms with Crippen LogP contribution in [0.25, 0.3) is 0 Å². The van der Waals surface area contributed by atoms with Gasteiger partial charge in [0.05, 0.1) is 6.61 Å². The van der Waals surface area contributed by atoms with Crippen LogP contribution in [0.1, 0.15) is 39.5 Å². The number of allylic oxidation sites excluding steroid dienone is 2. The van der Waals surface area contributed by atoms with Crippen LogP contribution < -0.4 is 0 Å². The van der Waals surface area contributed by atoms with Gasteiger partial charge in [-0.1, -0.05) is 18.6 Å². The Kier molecular flexibility index (Phi) is 9.76. The summed E-state index contributed by atoms with van der Waals surface area (Å²) >= 11 is 0. The smallest absolute Gasteiger partial charge is 0.138 e. The van der Waals surface area contributed by atoms with Crippen LogP contribution in [0.3, 0.4) is 0 Å². The van der Waals surface area contributed by atoms with Crippen LogP contribution in [0.15, 0.2) is 24.0 Å². The highest BCUT2D eigenvalue weighted by atomic mass is 16.5. The third-order valence-corrected chi connectivity index (χ3v) is 2.11. The Labute approximate surface area is 87.3 Å². The summed E-state index contributed by atoms with van der Waals surface area (Å²) in [4.78, 5) is 0. The van der Waals surface area contributed by atoms with E-state index in [9.17, 15) is 5.11 Å². The molecule has 81 valence electrons. The summed E-state index contributed by atoms with van der Waals surface area (Å²) in [7, 11) is 0. The molecule has 1 radical (unpaired) electrons. The van der Waals surface area contributed by atoms with Crippen LogP contribution in [-0.4, -0.2) is 13.2 Å². The van der Waals surface area contributed by atoms with Gasteiger partial charge in [0.25, 0.3) is 0 Å². The van der Waals surface area contributed by atoms with Gasteiger partial charge in [0.15, 0.2) is 0 Å². The van der Waals surface area contributed by atoms with E-state index in [4.69, 9.17) is 4.74 Å². The van der Waals surface area contributed by atoms with Crippen molar-refractivity contribution >= 4 is 0 Å². The van der Waals surface area contributed by atoms with Crippen molar-refractivity contribution in [3.63, 3.8) is 0 Å². The van der Waals surface area contributed by atoms with Crippen molar-refractivity contribution in [3.8, 4) is 0 Å². The Morgan fingerprint density at radius 3 is 2.79 bits per heavy atom. The lowest BCUT2D eigenvalue weighted by Crippen LogP contribution is -1.94. The molecule has 0 bridgehead atoms. The van der Waals surface area contributed by atoms with E-state index in [0.29, 0.717) is 0 Å². The van der Waals surface area contributed by atoms with Crippen LogP contribution in [0.5, 0.6) is 0 Å². The van der Waals surface area contributed by atoms with Gasteiger partial charge < -0.3 is 4.74 Å². The molecule has 2 nitrogen and oxygen atoms in total. The average molecular weight is 197 g/mol. The molecule has 0 saturated heterocycles. The largest absolute Gasteiger partial charge is 0.377 e. The first-order chi connectivity index (χ1) is 6.81. The highest BCUT2D eigenvalue weighted by Gasteiger charge is 1.88. The van der Waals surface area contributed by atoms with Crippen LogP contribution in [-0.2, 0) is 9.84 Å². The van der Waals surface area contributed by atoms with Crippen molar-refractivity contribution < 1.29 is 9.84 Å². The molecule has 0 rings (SSSR count). The minimum absolute atomic E-state index is 0.719. The molecule has 0 fully saturated rings. The van der Waals surface area contributed by atoms with Crippen LogP contribution in [0, 0.1) is 0 Å². The van der Waals surface area contributed by atoms with E-state index in [2.05, 4.69) is 19.9 Å². The zero-order valence-electron chi connectivity index (χ0n) is 9.29. The van der Waals surface area contributed by atoms with Gasteiger partial charge >= 0.3 is 0 Å². The maximum atomic E-state index is 9.95. The van der Waals surface area contributed by atoms with Crippen LogP contribution in [0.4, 0.5) is 0 Å². The molecule has 0 N–H and O–H groups in total. The second kappa shape index (κ2) is 10.3. The number of rotatable bonds is 8. The molecule has 0 aliphatic heterocycles. The van der Waals surface area contributed by atoms with Gasteiger partial charge in [0, 0.05) is 6.61 Å². The second-order valence-electron chi connectivity index (χ2n) is 3.35. The van der Waals surface area contributed by atoms with Gasteiger partial charge in [-0.05, 0) is 38.7 Å². The van der Waals surface area contributed by atoms with Gasteiger partial charge in [-0.3, -0.25) is 5.11 Å². The SMILES string of the molecule is CCC(C)=CCOCCCCC=C[O]. The highest BCUT2D eigenvalue weighted by Crippen LogP contribution is 1.99. The van der Waals surface area contributed by atoms with Gasteiger partial charge in [0.2, 0.25) is 0 Å². The normalized spacial score (nSPS) is 12.6. The maximum Gasteiger partial charge on any atom is 0.138 e. The number of hydrogen-bond acceptors (Lipinski definition) is 1. The predicted molar refractivity (Wildman–Crippen MR) is 58.5 cm³/mol. The molecule has 0 heterocycles. The predicted octanol–water partition coefficient (Wildman–Crippen LogP) is 3.47. The molecule has 0 aliphatic rings. The van der Waals surface area contributed by atoms with E-state index >= 15 is 0 Å². The van der Waals surface area contributed by atoms with Crippen molar-refractivity contribution in [3.05, 3.63) is 24.0 Å². The highest BCUT2D eigenvalue weighted by molar-refractivity contribution is 4.96. The molecule has 0 aliphatic carbocycles. The summed E-state index contributed by atoms with van der Waals surface area (Å²) in [5.74, 6) is 0. The molecule has 0 unspecified atom stereocenters. The maximum absolute atomic E-state index is 9.95. The van der Waals surface area contributed by atoms with Crippen molar-refractivity contribution in [2.45, 2.75) is 39.5 Å². The molecule has 0 saturated carbocycles. The van der Waals surface area contributed by atoms with E-state index in [0.717, 1.165) is 45.2 Å². The Morgan fingerprint density at radius 2 is 2.14 bits per heavy atom. The van der Waals surface area contributed by atoms with Crippen molar-refractivity contribution in [1.82, 2.24) is 0 Å². The summed E-state index contributed by atoms with van der Waals surface area (Å²) in [6.07, 6.45) is 8.67. The molecule has 0 spiro atoms. The summed E-state index contributed by atoms with van der Waals surface area (Å²) in [5, 5.41) is 9.95. The zero-order valence-corrected chi connectivity index (χ0v) is 9.29. The van der Waals surface area contributed by atoms with Crippen molar-refractivity contribution in [2.24, 2.45) is 0 Å². The quantitative estimate of drug-likeness (QED) is 0.333. The Bertz CT molecular complexity index is 171. The molecular weight excluding hydrogens is 176 g/mol. The lowest BCUT2D eigenvalue weighted by atomic mass is 10.2. The number of hydrogen-bond donors (Lipinski definition) is 0. The number of ether oxygens (including phenoxy) is 1. The van der Waals surface area contributed by atoms with Crippen LogP contribution in [0.2, 0.25) is 0 Å². The number of unbranched alkanes of at least 4 members (excludes halogenated alkanes) is 2. The summed E-state index contributed by atoms with van der Waals surface area (Å²) in [5.41, 5.74) is 1.37. The first-order valence-corrected chi connectivity index (χ1v) is 5.31. The van der Waals surface area contributed by atoms with Gasteiger partial charge in [-0.2, -0.15) is 0 Å². The molecule has 0 aromatic carbocycles. The minimum Gasteiger partial charge on any atom is -0.377 e. The fraction of sp³-hybridized carbons (Fsp3) is 0.667. The fourth-order valence-corrected chi connectivity index (χ4v) is 0.963. The van der Waals surface area contributed by atoms with E-state index in [1.807, 2.05) is 0 Å². The summed E-state index contributed by atoms with van der Waals surface area (Å²) < 4.78 is 5.41. The van der Waals surface area contributed by atoms with Gasteiger partial charge in [-0.15, -0.1) is 0 Å². The molecule has 14 heavy (non-hydrogen) atoms. The lowest BCUT2D eigenvalue weighted by Gasteiger charge is -2.00. The average Bonchev–Trinajstić information content (AvgIpc) is 2.21. The topological polar surface area (TPSA) is 29.1 Å². The monoisotopic (exact) mass is 197 g/mol. The van der Waals surface area contributed by atoms with E-state index in [1.165, 1.54) is 5.57 Å². The Balaban J connectivity index is 3.14. The van der Waals surface area contributed by atoms with E-state index in [1.54, 1.807) is 6.08 Å². The fourth-order valence-electron chi connectivity index (χ4n) is 0.963. The third kappa shape index (κ3) is 9.33. The van der Waals surface area contributed by atoms with Gasteiger partial charge in [0.1, 0.15) is 6.26 Å². The lowest BCUT2D eigenvalue weighted by molar-refractivity contribution is 0.157.